The molecule has 5 heterocycles. The Hall–Kier alpha value is -6.11. The predicted molar refractivity (Wildman–Crippen MR) is 207 cm³/mol. The number of aryl methyl sites for hydroxylation is 3. The third-order valence-corrected chi connectivity index (χ3v) is 10.2. The second-order valence-electron chi connectivity index (χ2n) is 13.0. The molecule has 11 nitrogen and oxygen atoms in total. The van der Waals surface area contributed by atoms with Gasteiger partial charge in [0, 0.05) is 23.3 Å². The lowest BCUT2D eigenvalue weighted by Gasteiger charge is -2.31. The zero-order valence-electron chi connectivity index (χ0n) is 29.9. The molecule has 1 aliphatic rings. The van der Waals surface area contributed by atoms with E-state index in [-0.39, 0.29) is 4.90 Å². The van der Waals surface area contributed by atoms with Gasteiger partial charge in [-0.25, -0.2) is 17.9 Å². The monoisotopic (exact) mass is 726 g/mol. The largest absolute Gasteiger partial charge is 0.294 e. The van der Waals surface area contributed by atoms with E-state index in [9.17, 15) is 8.42 Å². The molecule has 0 saturated carbocycles. The number of piperazine rings is 1. The van der Waals surface area contributed by atoms with Crippen molar-refractivity contribution < 1.29 is 21.8 Å². The van der Waals surface area contributed by atoms with Gasteiger partial charge in [0.25, 0.3) is 21.4 Å². The van der Waals surface area contributed by atoms with Crippen LogP contribution in [-0.2, 0) is 24.2 Å². The first kappa shape index (κ1) is 35.3. The van der Waals surface area contributed by atoms with Crippen molar-refractivity contribution in [2.45, 2.75) is 11.8 Å². The van der Waals surface area contributed by atoms with E-state index in [0.29, 0.717) is 0 Å². The van der Waals surface area contributed by atoms with E-state index in [1.54, 1.807) is 12.1 Å². The molecule has 268 valence electrons. The summed E-state index contributed by atoms with van der Waals surface area (Å²) in [5.41, 5.74) is 10.2. The molecule has 0 bridgehead atoms. The van der Waals surface area contributed by atoms with Crippen LogP contribution in [0.5, 0.6) is 0 Å². The molecule has 8 rings (SSSR count). The van der Waals surface area contributed by atoms with Crippen molar-refractivity contribution in [3.05, 3.63) is 151 Å². The number of imidazole rings is 2. The Labute approximate surface area is 309 Å². The second-order valence-corrected chi connectivity index (χ2v) is 14.4. The minimum absolute atomic E-state index is 0.0666. The minimum atomic E-state index is -4.02. The molecule has 12 heteroatoms. The van der Waals surface area contributed by atoms with Crippen LogP contribution in [0, 0.1) is 6.92 Å². The highest BCUT2D eigenvalue weighted by Gasteiger charge is 2.17. The van der Waals surface area contributed by atoms with Crippen molar-refractivity contribution in [3.63, 3.8) is 0 Å². The topological polar surface area (TPSA) is 104 Å². The Bertz CT molecular complexity index is 2370. The average molecular weight is 727 g/mol. The van der Waals surface area contributed by atoms with Crippen molar-refractivity contribution in [2.75, 3.05) is 26.2 Å². The highest BCUT2D eigenvalue weighted by atomic mass is 32.2. The molecule has 0 radical (unpaired) electrons. The van der Waals surface area contributed by atoms with Crippen molar-refractivity contribution in [1.82, 2.24) is 19.2 Å². The third kappa shape index (κ3) is 8.19. The van der Waals surface area contributed by atoms with E-state index >= 15 is 0 Å². The lowest BCUT2D eigenvalue weighted by atomic mass is 10.1. The quantitative estimate of drug-likeness (QED) is 0.135. The SMILES string of the molecule is Cc1ccc(S(=O)(=O)O)cc1.Cn1c(-c2ccc(/C=N/N3CCN(/N=C/c4ccc(-c5c[n+]6ccccc6n5C)cc4)CC3)cc2)c[n+]2ccccc12. The molecule has 0 unspecified atom stereocenters. The van der Waals surface area contributed by atoms with Crippen LogP contribution in [0.25, 0.3) is 33.8 Å². The molecule has 53 heavy (non-hydrogen) atoms. The molecule has 1 fully saturated rings. The number of hydrazone groups is 2. The molecule has 7 aromatic rings. The van der Waals surface area contributed by atoms with Gasteiger partial charge in [-0.05, 0) is 66.6 Å². The van der Waals surface area contributed by atoms with Gasteiger partial charge in [0.2, 0.25) is 0 Å². The highest BCUT2D eigenvalue weighted by molar-refractivity contribution is 7.85. The Morgan fingerprint density at radius 1 is 0.604 bits per heavy atom. The first-order valence-electron chi connectivity index (χ1n) is 17.4. The Morgan fingerprint density at radius 2 is 1.02 bits per heavy atom. The van der Waals surface area contributed by atoms with Crippen molar-refractivity contribution in [1.29, 1.82) is 0 Å². The summed E-state index contributed by atoms with van der Waals surface area (Å²) < 4.78 is 38.3. The number of nitrogens with zero attached hydrogens (tertiary/aromatic N) is 8. The first-order valence-corrected chi connectivity index (χ1v) is 18.8. The maximum absolute atomic E-state index is 10.5. The maximum atomic E-state index is 10.5. The summed E-state index contributed by atoms with van der Waals surface area (Å²) in [7, 11) is 0.187. The van der Waals surface area contributed by atoms with Crippen LogP contribution >= 0.6 is 0 Å². The van der Waals surface area contributed by atoms with Gasteiger partial charge in [-0.3, -0.25) is 14.6 Å². The normalized spacial score (nSPS) is 13.7. The number of aromatic nitrogens is 4. The Balaban J connectivity index is 0.000000341. The van der Waals surface area contributed by atoms with Gasteiger partial charge in [-0.1, -0.05) is 54.1 Å². The number of hydrogen-bond donors (Lipinski definition) is 1. The van der Waals surface area contributed by atoms with Gasteiger partial charge >= 0.3 is 0 Å². The predicted octanol–water partition coefficient (Wildman–Crippen LogP) is 5.40. The highest BCUT2D eigenvalue weighted by Crippen LogP contribution is 2.21. The lowest BCUT2D eigenvalue weighted by Crippen LogP contribution is -2.41. The molecule has 0 aliphatic carbocycles. The van der Waals surface area contributed by atoms with Gasteiger partial charge in [-0.15, -0.1) is 0 Å². The maximum Gasteiger partial charge on any atom is 0.294 e. The van der Waals surface area contributed by atoms with Crippen LogP contribution in [0.15, 0.2) is 149 Å². The fourth-order valence-corrected chi connectivity index (χ4v) is 6.78. The zero-order chi connectivity index (χ0) is 37.0. The van der Waals surface area contributed by atoms with Crippen molar-refractivity contribution in [2.24, 2.45) is 24.3 Å². The number of hydrogen-bond acceptors (Lipinski definition) is 6. The van der Waals surface area contributed by atoms with E-state index in [2.05, 4.69) is 140 Å². The van der Waals surface area contributed by atoms with E-state index in [0.717, 1.165) is 54.2 Å². The summed E-state index contributed by atoms with van der Waals surface area (Å²) in [5.74, 6) is 0. The number of benzene rings is 3. The summed E-state index contributed by atoms with van der Waals surface area (Å²) >= 11 is 0. The molecule has 1 aliphatic heterocycles. The molecule has 1 N–H and O–H groups in total. The van der Waals surface area contributed by atoms with Gasteiger partial charge < -0.3 is 0 Å². The summed E-state index contributed by atoms with van der Waals surface area (Å²) in [4.78, 5) is -0.0666. The van der Waals surface area contributed by atoms with Crippen LogP contribution in [0.2, 0.25) is 0 Å². The molecule has 4 aromatic heterocycles. The molecule has 3 aromatic carbocycles. The van der Waals surface area contributed by atoms with Gasteiger partial charge in [0.1, 0.15) is 12.4 Å². The standard InChI is InChI=1S/C34H34N8.C7H8O3S/c1-37-31(25-39-17-5-3-7-33(37)39)29-13-9-27(10-14-29)23-35-41-19-21-42(22-20-41)36-24-28-11-15-30(16-12-28)32-26-40-18-6-4-8-34(40)38(32)2;1-6-2-4-7(5-3-6)11(8,9)10/h3-18,23-26H,19-22H2,1-2H3;2-5H,1H3,(H,8,9,10)/q+2;/b35-23+,36-24+;. The fraction of sp³-hybridized carbons (Fsp3) is 0.171. The van der Waals surface area contributed by atoms with Crippen LogP contribution in [0.3, 0.4) is 0 Å². The third-order valence-electron chi connectivity index (χ3n) is 9.37. The molecule has 1 saturated heterocycles. The van der Waals surface area contributed by atoms with E-state index in [4.69, 9.17) is 14.8 Å². The summed E-state index contributed by atoms with van der Waals surface area (Å²) in [6, 6.07) is 35.6. The van der Waals surface area contributed by atoms with Crippen LogP contribution in [-0.4, -0.2) is 70.7 Å². The zero-order valence-corrected chi connectivity index (χ0v) is 30.8. The number of rotatable bonds is 7. The summed E-state index contributed by atoms with van der Waals surface area (Å²) in [6.45, 7) is 5.22. The Morgan fingerprint density at radius 3 is 1.40 bits per heavy atom. The smallest absolute Gasteiger partial charge is 0.293 e. The van der Waals surface area contributed by atoms with Gasteiger partial charge in [-0.2, -0.15) is 18.6 Å². The second kappa shape index (κ2) is 15.2. The van der Waals surface area contributed by atoms with Crippen LogP contribution in [0.4, 0.5) is 0 Å². The fourth-order valence-electron chi connectivity index (χ4n) is 6.30. The molecular formula is C41H42N8O3S+2. The number of pyridine rings is 2. The van der Waals surface area contributed by atoms with E-state index < -0.39 is 10.1 Å². The van der Waals surface area contributed by atoms with E-state index in [1.165, 1.54) is 34.6 Å². The van der Waals surface area contributed by atoms with Gasteiger partial charge in [0.15, 0.2) is 11.4 Å². The molecule has 0 spiro atoms. The van der Waals surface area contributed by atoms with Gasteiger partial charge in [0.05, 0.1) is 70.0 Å². The molecular weight excluding hydrogens is 685 g/mol. The summed E-state index contributed by atoms with van der Waals surface area (Å²) in [6.07, 6.45) is 12.4. The molecule has 0 atom stereocenters. The van der Waals surface area contributed by atoms with Crippen LogP contribution in [0.1, 0.15) is 16.7 Å². The summed E-state index contributed by atoms with van der Waals surface area (Å²) in [5, 5.41) is 13.7. The Kier molecular flexibility index (Phi) is 10.2. The number of fused-ring (bicyclic) bond motifs is 2. The van der Waals surface area contributed by atoms with Crippen LogP contribution < -0.4 is 8.80 Å². The molecule has 0 amide bonds. The van der Waals surface area contributed by atoms with Crippen molar-refractivity contribution >= 4 is 33.8 Å². The van der Waals surface area contributed by atoms with Crippen molar-refractivity contribution in [3.8, 4) is 22.5 Å². The minimum Gasteiger partial charge on any atom is -0.293 e. The first-order chi connectivity index (χ1) is 25.6. The van der Waals surface area contributed by atoms with E-state index in [1.807, 2.05) is 31.5 Å². The lowest BCUT2D eigenvalue weighted by molar-refractivity contribution is -0.510. The average Bonchev–Trinajstić information content (AvgIpc) is 3.70.